The standard InChI is InChI=1S/C18H16F3N3O2S/c1-10-5-11(2)7-13(6-10)24-16(9-15(23-24)18(20)21)12-3-4-17(14(19)8-12)27(22,25)26/h3-9,18H,1-2H3,(H2,22,25,26). The van der Waals surface area contributed by atoms with Crippen LogP contribution in [-0.4, -0.2) is 18.2 Å². The molecule has 0 spiro atoms. The summed E-state index contributed by atoms with van der Waals surface area (Å²) in [5, 5.41) is 8.90. The fourth-order valence-corrected chi connectivity index (χ4v) is 3.46. The Morgan fingerprint density at radius 2 is 1.67 bits per heavy atom. The van der Waals surface area contributed by atoms with Gasteiger partial charge in [0.05, 0.1) is 11.4 Å². The van der Waals surface area contributed by atoms with Crippen LogP contribution in [0.5, 0.6) is 0 Å². The molecular weight excluding hydrogens is 379 g/mol. The second-order valence-electron chi connectivity index (χ2n) is 6.20. The third-order valence-corrected chi connectivity index (χ3v) is 4.88. The van der Waals surface area contributed by atoms with Gasteiger partial charge in [-0.15, -0.1) is 0 Å². The summed E-state index contributed by atoms with van der Waals surface area (Å²) < 4.78 is 64.7. The van der Waals surface area contributed by atoms with Gasteiger partial charge in [0.25, 0.3) is 6.43 Å². The zero-order valence-electron chi connectivity index (χ0n) is 14.4. The first-order valence-electron chi connectivity index (χ1n) is 7.86. The molecule has 0 aliphatic rings. The van der Waals surface area contributed by atoms with E-state index in [0.717, 1.165) is 29.3 Å². The molecule has 0 unspecified atom stereocenters. The van der Waals surface area contributed by atoms with E-state index in [-0.39, 0.29) is 11.3 Å². The van der Waals surface area contributed by atoms with Gasteiger partial charge in [-0.05, 0) is 55.3 Å². The summed E-state index contributed by atoms with van der Waals surface area (Å²) in [4.78, 5) is -0.669. The van der Waals surface area contributed by atoms with E-state index in [1.165, 1.54) is 10.7 Å². The summed E-state index contributed by atoms with van der Waals surface area (Å²) in [6.45, 7) is 3.71. The molecule has 1 aromatic heterocycles. The van der Waals surface area contributed by atoms with Gasteiger partial charge >= 0.3 is 0 Å². The third kappa shape index (κ3) is 3.88. The maximum absolute atomic E-state index is 14.2. The highest BCUT2D eigenvalue weighted by molar-refractivity contribution is 7.89. The van der Waals surface area contributed by atoms with E-state index in [1.807, 2.05) is 19.9 Å². The minimum atomic E-state index is -4.23. The van der Waals surface area contributed by atoms with E-state index in [9.17, 15) is 21.6 Å². The van der Waals surface area contributed by atoms with Gasteiger partial charge in [-0.3, -0.25) is 0 Å². The summed E-state index contributed by atoms with van der Waals surface area (Å²) in [5.41, 5.74) is 2.26. The quantitative estimate of drug-likeness (QED) is 0.728. The Hall–Kier alpha value is -2.65. The first-order valence-corrected chi connectivity index (χ1v) is 9.40. The van der Waals surface area contributed by atoms with E-state index < -0.39 is 32.9 Å². The zero-order valence-corrected chi connectivity index (χ0v) is 15.3. The lowest BCUT2D eigenvalue weighted by Crippen LogP contribution is -2.14. The Labute approximate surface area is 154 Å². The van der Waals surface area contributed by atoms with Crippen LogP contribution in [0.4, 0.5) is 13.2 Å². The SMILES string of the molecule is Cc1cc(C)cc(-n2nc(C(F)F)cc2-c2ccc(S(N)(=O)=O)c(F)c2)c1. The lowest BCUT2D eigenvalue weighted by molar-refractivity contribution is 0.145. The van der Waals surface area contributed by atoms with Gasteiger partial charge in [0.15, 0.2) is 0 Å². The fourth-order valence-electron chi connectivity index (χ4n) is 2.87. The highest BCUT2D eigenvalue weighted by atomic mass is 32.2. The van der Waals surface area contributed by atoms with Crippen molar-refractivity contribution in [3.8, 4) is 16.9 Å². The highest BCUT2D eigenvalue weighted by Crippen LogP contribution is 2.30. The number of nitrogens with two attached hydrogens (primary N) is 1. The maximum atomic E-state index is 14.2. The average Bonchev–Trinajstić information content (AvgIpc) is 2.98. The monoisotopic (exact) mass is 395 g/mol. The van der Waals surface area contributed by atoms with Gasteiger partial charge in [-0.2, -0.15) is 5.10 Å². The van der Waals surface area contributed by atoms with Gasteiger partial charge in [0.2, 0.25) is 10.0 Å². The van der Waals surface area contributed by atoms with E-state index in [1.54, 1.807) is 12.1 Å². The number of benzene rings is 2. The fraction of sp³-hybridized carbons (Fsp3) is 0.167. The third-order valence-electron chi connectivity index (χ3n) is 3.94. The molecule has 0 bridgehead atoms. The second-order valence-corrected chi connectivity index (χ2v) is 7.73. The Balaban J connectivity index is 2.22. The largest absolute Gasteiger partial charge is 0.282 e. The van der Waals surface area contributed by atoms with Crippen molar-refractivity contribution in [1.82, 2.24) is 9.78 Å². The molecule has 2 aromatic carbocycles. The molecule has 0 fully saturated rings. The first-order chi connectivity index (χ1) is 12.6. The molecule has 3 aromatic rings. The number of hydrogen-bond donors (Lipinski definition) is 1. The van der Waals surface area contributed by atoms with Gasteiger partial charge < -0.3 is 0 Å². The molecule has 3 rings (SSSR count). The lowest BCUT2D eigenvalue weighted by atomic mass is 10.1. The minimum Gasteiger partial charge on any atom is -0.233 e. The van der Waals surface area contributed by atoms with Crippen molar-refractivity contribution >= 4 is 10.0 Å². The number of alkyl halides is 2. The van der Waals surface area contributed by atoms with Crippen molar-refractivity contribution in [2.75, 3.05) is 0 Å². The number of aryl methyl sites for hydroxylation is 2. The number of aromatic nitrogens is 2. The summed E-state index contributed by atoms with van der Waals surface area (Å²) >= 11 is 0. The van der Waals surface area contributed by atoms with Crippen molar-refractivity contribution in [2.24, 2.45) is 5.14 Å². The van der Waals surface area contributed by atoms with Gasteiger partial charge in [0.1, 0.15) is 16.4 Å². The number of primary sulfonamides is 1. The topological polar surface area (TPSA) is 78.0 Å². The predicted molar refractivity (Wildman–Crippen MR) is 94.8 cm³/mol. The van der Waals surface area contributed by atoms with Crippen LogP contribution in [0.2, 0.25) is 0 Å². The Kier molecular flexibility index (Phi) is 4.83. The van der Waals surface area contributed by atoms with E-state index in [4.69, 9.17) is 5.14 Å². The molecule has 0 radical (unpaired) electrons. The van der Waals surface area contributed by atoms with Gasteiger partial charge in [0, 0.05) is 5.56 Å². The van der Waals surface area contributed by atoms with E-state index >= 15 is 0 Å². The summed E-state index contributed by atoms with van der Waals surface area (Å²) in [7, 11) is -4.23. The van der Waals surface area contributed by atoms with Crippen molar-refractivity contribution < 1.29 is 21.6 Å². The zero-order chi connectivity index (χ0) is 19.9. The van der Waals surface area contributed by atoms with Crippen molar-refractivity contribution in [3.63, 3.8) is 0 Å². The summed E-state index contributed by atoms with van der Waals surface area (Å²) in [6.07, 6.45) is -2.82. The van der Waals surface area contributed by atoms with Crippen LogP contribution < -0.4 is 5.14 Å². The molecule has 0 atom stereocenters. The predicted octanol–water partition coefficient (Wildman–Crippen LogP) is 3.88. The maximum Gasteiger partial charge on any atom is 0.282 e. The Morgan fingerprint density at radius 3 is 2.19 bits per heavy atom. The van der Waals surface area contributed by atoms with E-state index in [0.29, 0.717) is 5.69 Å². The van der Waals surface area contributed by atoms with Gasteiger partial charge in [-0.25, -0.2) is 31.4 Å². The van der Waals surface area contributed by atoms with Gasteiger partial charge in [-0.1, -0.05) is 12.1 Å². The molecule has 2 N–H and O–H groups in total. The average molecular weight is 395 g/mol. The van der Waals surface area contributed by atoms with Crippen LogP contribution in [0.15, 0.2) is 47.4 Å². The molecule has 5 nitrogen and oxygen atoms in total. The van der Waals surface area contributed by atoms with Crippen LogP contribution in [0, 0.1) is 19.7 Å². The van der Waals surface area contributed by atoms with Crippen LogP contribution in [0.25, 0.3) is 16.9 Å². The molecule has 9 heteroatoms. The van der Waals surface area contributed by atoms with Crippen molar-refractivity contribution in [1.29, 1.82) is 0 Å². The summed E-state index contributed by atoms with van der Waals surface area (Å²) in [6, 6.07) is 9.82. The number of halogens is 3. The molecule has 0 saturated heterocycles. The molecule has 27 heavy (non-hydrogen) atoms. The molecule has 0 aliphatic heterocycles. The smallest absolute Gasteiger partial charge is 0.233 e. The van der Waals surface area contributed by atoms with Crippen molar-refractivity contribution in [2.45, 2.75) is 25.2 Å². The molecule has 0 amide bonds. The van der Waals surface area contributed by atoms with Crippen LogP contribution in [0.3, 0.4) is 0 Å². The molecule has 0 aliphatic carbocycles. The van der Waals surface area contributed by atoms with Crippen molar-refractivity contribution in [3.05, 3.63) is 65.1 Å². The highest BCUT2D eigenvalue weighted by Gasteiger charge is 2.20. The lowest BCUT2D eigenvalue weighted by Gasteiger charge is -2.10. The minimum absolute atomic E-state index is 0.193. The molecular formula is C18H16F3N3O2S. The molecule has 142 valence electrons. The Bertz CT molecular complexity index is 1100. The number of rotatable bonds is 4. The number of hydrogen-bond acceptors (Lipinski definition) is 3. The van der Waals surface area contributed by atoms with Crippen LogP contribution in [0.1, 0.15) is 23.2 Å². The Morgan fingerprint density at radius 1 is 1.04 bits per heavy atom. The normalized spacial score (nSPS) is 12.0. The number of sulfonamides is 1. The second kappa shape index (κ2) is 6.82. The van der Waals surface area contributed by atoms with Crippen LogP contribution >= 0.6 is 0 Å². The summed E-state index contributed by atoms with van der Waals surface area (Å²) in [5.74, 6) is -1.07. The first kappa shape index (κ1) is 19.1. The molecule has 1 heterocycles. The number of nitrogens with zero attached hydrogens (tertiary/aromatic N) is 2. The molecule has 0 saturated carbocycles. The van der Waals surface area contributed by atoms with Crippen LogP contribution in [-0.2, 0) is 10.0 Å². The van der Waals surface area contributed by atoms with E-state index in [2.05, 4.69) is 5.10 Å².